The summed E-state index contributed by atoms with van der Waals surface area (Å²) in [6, 6.07) is 0. The SMILES string of the molecule is CC(C)c1c(C2CCC(C(C)(C)C)CC2)nn(C)c1N. The van der Waals surface area contributed by atoms with Crippen molar-refractivity contribution in [3.05, 3.63) is 11.3 Å². The molecule has 1 aromatic heterocycles. The summed E-state index contributed by atoms with van der Waals surface area (Å²) in [5.41, 5.74) is 9.20. The van der Waals surface area contributed by atoms with E-state index in [1.165, 1.54) is 36.9 Å². The number of aryl methyl sites for hydroxylation is 1. The van der Waals surface area contributed by atoms with Crippen molar-refractivity contribution < 1.29 is 0 Å². The summed E-state index contributed by atoms with van der Waals surface area (Å²) in [6.07, 6.45) is 5.17. The standard InChI is InChI=1S/C17H31N3/c1-11(2)14-15(19-20(6)16(14)18)12-7-9-13(10-8-12)17(3,4)5/h11-13H,7-10,18H2,1-6H3. The van der Waals surface area contributed by atoms with Crippen LogP contribution in [0.4, 0.5) is 5.82 Å². The van der Waals surface area contributed by atoms with Crippen LogP contribution in [0.15, 0.2) is 0 Å². The second-order valence-corrected chi connectivity index (χ2v) is 7.88. The first-order chi connectivity index (χ1) is 9.21. The molecular weight excluding hydrogens is 246 g/mol. The minimum atomic E-state index is 0.439. The predicted octanol–water partition coefficient (Wildman–Crippen LogP) is 4.45. The summed E-state index contributed by atoms with van der Waals surface area (Å²) in [4.78, 5) is 0. The van der Waals surface area contributed by atoms with E-state index in [1.54, 1.807) is 0 Å². The van der Waals surface area contributed by atoms with Crippen LogP contribution in [0.2, 0.25) is 0 Å². The Morgan fingerprint density at radius 3 is 2.15 bits per heavy atom. The van der Waals surface area contributed by atoms with E-state index in [0.29, 0.717) is 17.3 Å². The van der Waals surface area contributed by atoms with Crippen LogP contribution in [-0.2, 0) is 7.05 Å². The molecule has 1 heterocycles. The van der Waals surface area contributed by atoms with Crippen molar-refractivity contribution in [2.45, 2.75) is 72.1 Å². The molecule has 114 valence electrons. The summed E-state index contributed by atoms with van der Waals surface area (Å²) in [5, 5.41) is 4.73. The number of anilines is 1. The topological polar surface area (TPSA) is 43.8 Å². The number of nitrogen functional groups attached to an aromatic ring is 1. The van der Waals surface area contributed by atoms with Crippen LogP contribution in [0.3, 0.4) is 0 Å². The van der Waals surface area contributed by atoms with Gasteiger partial charge in [-0.3, -0.25) is 4.68 Å². The van der Waals surface area contributed by atoms with Gasteiger partial charge in [0.25, 0.3) is 0 Å². The van der Waals surface area contributed by atoms with Gasteiger partial charge in [0.15, 0.2) is 0 Å². The average Bonchev–Trinajstić information content (AvgIpc) is 2.65. The Labute approximate surface area is 123 Å². The number of aromatic nitrogens is 2. The van der Waals surface area contributed by atoms with E-state index >= 15 is 0 Å². The largest absolute Gasteiger partial charge is 0.384 e. The molecule has 0 bridgehead atoms. The maximum Gasteiger partial charge on any atom is 0.125 e. The van der Waals surface area contributed by atoms with Gasteiger partial charge < -0.3 is 5.73 Å². The quantitative estimate of drug-likeness (QED) is 0.868. The van der Waals surface area contributed by atoms with Crippen molar-refractivity contribution in [1.82, 2.24) is 9.78 Å². The molecule has 0 amide bonds. The number of hydrogen-bond acceptors (Lipinski definition) is 2. The molecule has 20 heavy (non-hydrogen) atoms. The zero-order valence-corrected chi connectivity index (χ0v) is 14.0. The first kappa shape index (κ1) is 15.4. The fourth-order valence-corrected chi connectivity index (χ4v) is 3.70. The van der Waals surface area contributed by atoms with Crippen LogP contribution in [0, 0.1) is 11.3 Å². The molecule has 0 spiro atoms. The number of nitrogens with two attached hydrogens (primary N) is 1. The maximum absolute atomic E-state index is 6.21. The van der Waals surface area contributed by atoms with Crippen molar-refractivity contribution in [3.63, 3.8) is 0 Å². The fourth-order valence-electron chi connectivity index (χ4n) is 3.70. The molecule has 1 aromatic rings. The minimum absolute atomic E-state index is 0.439. The van der Waals surface area contributed by atoms with E-state index in [9.17, 15) is 0 Å². The Bertz CT molecular complexity index is 457. The van der Waals surface area contributed by atoms with Gasteiger partial charge >= 0.3 is 0 Å². The highest BCUT2D eigenvalue weighted by atomic mass is 15.3. The third-order valence-electron chi connectivity index (χ3n) is 5.07. The zero-order chi connectivity index (χ0) is 15.1. The van der Waals surface area contributed by atoms with Crippen molar-refractivity contribution in [1.29, 1.82) is 0 Å². The Hall–Kier alpha value is -0.990. The van der Waals surface area contributed by atoms with Crippen LogP contribution < -0.4 is 5.73 Å². The molecular formula is C17H31N3. The maximum atomic E-state index is 6.21. The van der Waals surface area contributed by atoms with Crippen LogP contribution in [0.25, 0.3) is 0 Å². The molecule has 1 aliphatic rings. The monoisotopic (exact) mass is 277 g/mol. The first-order valence-corrected chi connectivity index (χ1v) is 8.04. The molecule has 3 heteroatoms. The van der Waals surface area contributed by atoms with Crippen LogP contribution in [-0.4, -0.2) is 9.78 Å². The van der Waals surface area contributed by atoms with E-state index in [1.807, 2.05) is 11.7 Å². The van der Waals surface area contributed by atoms with Crippen molar-refractivity contribution >= 4 is 5.82 Å². The smallest absolute Gasteiger partial charge is 0.125 e. The van der Waals surface area contributed by atoms with Gasteiger partial charge in [0, 0.05) is 18.5 Å². The second-order valence-electron chi connectivity index (χ2n) is 7.88. The highest BCUT2D eigenvalue weighted by Gasteiger charge is 2.33. The van der Waals surface area contributed by atoms with Gasteiger partial charge in [0.05, 0.1) is 5.69 Å². The van der Waals surface area contributed by atoms with Crippen LogP contribution in [0.5, 0.6) is 0 Å². The normalized spacial score (nSPS) is 24.4. The molecule has 2 N–H and O–H groups in total. The van der Waals surface area contributed by atoms with E-state index in [0.717, 1.165) is 11.7 Å². The van der Waals surface area contributed by atoms with Crippen molar-refractivity contribution in [3.8, 4) is 0 Å². The lowest BCUT2D eigenvalue weighted by Gasteiger charge is -2.36. The second kappa shape index (κ2) is 5.42. The van der Waals surface area contributed by atoms with Gasteiger partial charge in [-0.05, 0) is 42.9 Å². The van der Waals surface area contributed by atoms with Crippen molar-refractivity contribution in [2.24, 2.45) is 18.4 Å². The molecule has 0 atom stereocenters. The highest BCUT2D eigenvalue weighted by molar-refractivity contribution is 5.46. The summed E-state index contributed by atoms with van der Waals surface area (Å²) in [7, 11) is 1.96. The number of nitrogens with zero attached hydrogens (tertiary/aromatic N) is 2. The number of rotatable bonds is 2. The van der Waals surface area contributed by atoms with Crippen molar-refractivity contribution in [2.75, 3.05) is 5.73 Å². The van der Waals surface area contributed by atoms with E-state index in [4.69, 9.17) is 10.8 Å². The van der Waals surface area contributed by atoms with Crippen LogP contribution in [0.1, 0.15) is 83.4 Å². The Morgan fingerprint density at radius 1 is 1.15 bits per heavy atom. The van der Waals surface area contributed by atoms with Gasteiger partial charge in [-0.25, -0.2) is 0 Å². The van der Waals surface area contributed by atoms with E-state index < -0.39 is 0 Å². The van der Waals surface area contributed by atoms with Gasteiger partial charge in [-0.1, -0.05) is 34.6 Å². The molecule has 1 aliphatic carbocycles. The van der Waals surface area contributed by atoms with E-state index in [2.05, 4.69) is 34.6 Å². The lowest BCUT2D eigenvalue weighted by atomic mass is 9.69. The Morgan fingerprint density at radius 2 is 1.70 bits per heavy atom. The summed E-state index contributed by atoms with van der Waals surface area (Å²) < 4.78 is 1.86. The van der Waals surface area contributed by atoms with Crippen LogP contribution >= 0.6 is 0 Å². The summed E-state index contributed by atoms with van der Waals surface area (Å²) >= 11 is 0. The molecule has 2 rings (SSSR count). The van der Waals surface area contributed by atoms with Gasteiger partial charge in [0.2, 0.25) is 0 Å². The Balaban J connectivity index is 2.17. The molecule has 1 fully saturated rings. The summed E-state index contributed by atoms with van der Waals surface area (Å²) in [6.45, 7) is 11.6. The van der Waals surface area contributed by atoms with Gasteiger partial charge in [-0.15, -0.1) is 0 Å². The third kappa shape index (κ3) is 2.87. The highest BCUT2D eigenvalue weighted by Crippen LogP contribution is 2.44. The van der Waals surface area contributed by atoms with Gasteiger partial charge in [0.1, 0.15) is 5.82 Å². The first-order valence-electron chi connectivity index (χ1n) is 8.04. The lowest BCUT2D eigenvalue weighted by Crippen LogP contribution is -2.25. The average molecular weight is 277 g/mol. The molecule has 0 saturated heterocycles. The zero-order valence-electron chi connectivity index (χ0n) is 14.0. The predicted molar refractivity (Wildman–Crippen MR) is 85.9 cm³/mol. The number of hydrogen-bond donors (Lipinski definition) is 1. The molecule has 0 radical (unpaired) electrons. The molecule has 3 nitrogen and oxygen atoms in total. The van der Waals surface area contributed by atoms with Gasteiger partial charge in [-0.2, -0.15) is 5.10 Å². The summed E-state index contributed by atoms with van der Waals surface area (Å²) in [5.74, 6) is 2.77. The Kier molecular flexibility index (Phi) is 4.17. The fraction of sp³-hybridized carbons (Fsp3) is 0.824. The van der Waals surface area contributed by atoms with E-state index in [-0.39, 0.29) is 0 Å². The third-order valence-corrected chi connectivity index (χ3v) is 5.07. The lowest BCUT2D eigenvalue weighted by molar-refractivity contribution is 0.168. The molecule has 0 unspecified atom stereocenters. The molecule has 0 aliphatic heterocycles. The molecule has 1 saturated carbocycles. The molecule has 0 aromatic carbocycles. The minimum Gasteiger partial charge on any atom is -0.384 e.